The smallest absolute Gasteiger partial charge is 0.125 e. The van der Waals surface area contributed by atoms with E-state index >= 15 is 0 Å². The Bertz CT molecular complexity index is 436. The zero-order valence-electron chi connectivity index (χ0n) is 13.1. The Balaban J connectivity index is 1.94. The Labute approximate surface area is 122 Å². The lowest BCUT2D eigenvalue weighted by molar-refractivity contribution is 0.0551. The molecule has 0 bridgehead atoms. The summed E-state index contributed by atoms with van der Waals surface area (Å²) in [6.07, 6.45) is 3.27. The average Bonchev–Trinajstić information content (AvgIpc) is 3.12. The highest BCUT2D eigenvalue weighted by molar-refractivity contribution is 5.43. The van der Waals surface area contributed by atoms with Crippen LogP contribution in [-0.4, -0.2) is 23.4 Å². The van der Waals surface area contributed by atoms with Crippen molar-refractivity contribution >= 4 is 0 Å². The molecule has 0 aromatic heterocycles. The van der Waals surface area contributed by atoms with Crippen LogP contribution < -0.4 is 10.1 Å². The van der Waals surface area contributed by atoms with Gasteiger partial charge in [0.15, 0.2) is 0 Å². The van der Waals surface area contributed by atoms with E-state index in [2.05, 4.69) is 31.3 Å². The molecule has 1 aliphatic carbocycles. The van der Waals surface area contributed by atoms with Gasteiger partial charge in [0.1, 0.15) is 5.75 Å². The minimum atomic E-state index is -0.671. The minimum absolute atomic E-state index is 0.546. The molecular formula is C17H27NO2. The van der Waals surface area contributed by atoms with E-state index in [-0.39, 0.29) is 0 Å². The molecule has 0 spiro atoms. The summed E-state index contributed by atoms with van der Waals surface area (Å²) in [5, 5.41) is 13.3. The molecular weight excluding hydrogens is 250 g/mol. The van der Waals surface area contributed by atoms with Crippen molar-refractivity contribution in [3.63, 3.8) is 0 Å². The second-order valence-electron chi connectivity index (χ2n) is 6.62. The van der Waals surface area contributed by atoms with Gasteiger partial charge in [-0.05, 0) is 57.2 Å². The summed E-state index contributed by atoms with van der Waals surface area (Å²) >= 11 is 0. The molecule has 1 aromatic carbocycles. The SMILES string of the molecule is Cc1cc(CNC2CC2)cc(C)c1OCCC(C)(C)O. The molecule has 1 saturated carbocycles. The first-order valence-electron chi connectivity index (χ1n) is 7.54. The summed E-state index contributed by atoms with van der Waals surface area (Å²) in [4.78, 5) is 0. The predicted molar refractivity (Wildman–Crippen MR) is 82.2 cm³/mol. The molecule has 0 heterocycles. The fourth-order valence-corrected chi connectivity index (χ4v) is 2.32. The van der Waals surface area contributed by atoms with Crippen LogP contribution in [-0.2, 0) is 6.54 Å². The molecule has 0 atom stereocenters. The lowest BCUT2D eigenvalue weighted by Gasteiger charge is -2.19. The topological polar surface area (TPSA) is 41.5 Å². The van der Waals surface area contributed by atoms with Gasteiger partial charge in [-0.1, -0.05) is 12.1 Å². The van der Waals surface area contributed by atoms with Crippen LogP contribution in [0.1, 0.15) is 49.8 Å². The Morgan fingerprint density at radius 1 is 1.25 bits per heavy atom. The first-order chi connectivity index (χ1) is 9.35. The van der Waals surface area contributed by atoms with E-state index in [1.165, 1.54) is 29.5 Å². The minimum Gasteiger partial charge on any atom is -0.493 e. The second kappa shape index (κ2) is 6.15. The number of benzene rings is 1. The van der Waals surface area contributed by atoms with E-state index in [9.17, 15) is 5.11 Å². The third-order valence-electron chi connectivity index (χ3n) is 3.65. The van der Waals surface area contributed by atoms with Gasteiger partial charge in [0.25, 0.3) is 0 Å². The zero-order valence-corrected chi connectivity index (χ0v) is 13.1. The van der Waals surface area contributed by atoms with Gasteiger partial charge in [-0.2, -0.15) is 0 Å². The second-order valence-corrected chi connectivity index (χ2v) is 6.62. The van der Waals surface area contributed by atoms with E-state index in [1.807, 2.05) is 13.8 Å². The van der Waals surface area contributed by atoms with E-state index in [0.29, 0.717) is 13.0 Å². The summed E-state index contributed by atoms with van der Waals surface area (Å²) < 4.78 is 5.86. The van der Waals surface area contributed by atoms with Crippen molar-refractivity contribution in [2.24, 2.45) is 0 Å². The number of ether oxygens (including phenoxy) is 1. The van der Waals surface area contributed by atoms with Gasteiger partial charge in [0, 0.05) is 19.0 Å². The number of hydrogen-bond donors (Lipinski definition) is 2. The monoisotopic (exact) mass is 277 g/mol. The molecule has 0 amide bonds. The third kappa shape index (κ3) is 4.80. The highest BCUT2D eigenvalue weighted by Gasteiger charge is 2.20. The van der Waals surface area contributed by atoms with Crippen molar-refractivity contribution in [2.75, 3.05) is 6.61 Å². The number of nitrogens with one attached hydrogen (secondary N) is 1. The average molecular weight is 277 g/mol. The molecule has 3 heteroatoms. The van der Waals surface area contributed by atoms with Gasteiger partial charge < -0.3 is 15.2 Å². The number of hydrogen-bond acceptors (Lipinski definition) is 3. The molecule has 0 aliphatic heterocycles. The first-order valence-corrected chi connectivity index (χ1v) is 7.54. The van der Waals surface area contributed by atoms with Crippen LogP contribution in [0.15, 0.2) is 12.1 Å². The van der Waals surface area contributed by atoms with Gasteiger partial charge in [0.2, 0.25) is 0 Å². The number of rotatable bonds is 7. The molecule has 3 nitrogen and oxygen atoms in total. The molecule has 0 saturated heterocycles. The lowest BCUT2D eigenvalue weighted by Crippen LogP contribution is -2.22. The Morgan fingerprint density at radius 2 is 1.85 bits per heavy atom. The van der Waals surface area contributed by atoms with Gasteiger partial charge in [-0.3, -0.25) is 0 Å². The van der Waals surface area contributed by atoms with Crippen LogP contribution in [0.4, 0.5) is 0 Å². The fourth-order valence-electron chi connectivity index (χ4n) is 2.32. The molecule has 20 heavy (non-hydrogen) atoms. The predicted octanol–water partition coefficient (Wildman–Crippen LogP) is 3.10. The largest absolute Gasteiger partial charge is 0.493 e. The summed E-state index contributed by atoms with van der Waals surface area (Å²) in [5.41, 5.74) is 3.00. The van der Waals surface area contributed by atoms with Crippen molar-refractivity contribution in [1.29, 1.82) is 0 Å². The van der Waals surface area contributed by atoms with Crippen LogP contribution in [0.3, 0.4) is 0 Å². The first kappa shape index (κ1) is 15.3. The van der Waals surface area contributed by atoms with E-state index in [0.717, 1.165) is 18.3 Å². The van der Waals surface area contributed by atoms with Crippen LogP contribution in [0, 0.1) is 13.8 Å². The lowest BCUT2D eigenvalue weighted by atomic mass is 10.0. The standard InChI is InChI=1S/C17H27NO2/c1-12-9-14(11-18-15-5-6-15)10-13(2)16(12)20-8-7-17(3,4)19/h9-10,15,18-19H,5-8,11H2,1-4H3. The normalized spacial score (nSPS) is 15.4. The molecule has 1 fully saturated rings. The van der Waals surface area contributed by atoms with E-state index < -0.39 is 5.60 Å². The maximum absolute atomic E-state index is 9.72. The van der Waals surface area contributed by atoms with Gasteiger partial charge >= 0.3 is 0 Å². The molecule has 0 unspecified atom stereocenters. The van der Waals surface area contributed by atoms with Crippen LogP contribution >= 0.6 is 0 Å². The van der Waals surface area contributed by atoms with Crippen LogP contribution in [0.25, 0.3) is 0 Å². The highest BCUT2D eigenvalue weighted by atomic mass is 16.5. The molecule has 0 radical (unpaired) electrons. The summed E-state index contributed by atoms with van der Waals surface area (Å²) in [6.45, 7) is 9.28. The fraction of sp³-hybridized carbons (Fsp3) is 0.647. The van der Waals surface area contributed by atoms with Gasteiger partial charge in [-0.25, -0.2) is 0 Å². The summed E-state index contributed by atoms with van der Waals surface area (Å²) in [6, 6.07) is 5.13. The van der Waals surface area contributed by atoms with Crippen molar-refractivity contribution in [1.82, 2.24) is 5.32 Å². The molecule has 1 aromatic rings. The molecule has 2 N–H and O–H groups in total. The zero-order chi connectivity index (χ0) is 14.8. The summed E-state index contributed by atoms with van der Waals surface area (Å²) in [7, 11) is 0. The summed E-state index contributed by atoms with van der Waals surface area (Å²) in [5.74, 6) is 0.962. The molecule has 1 aliphatic rings. The van der Waals surface area contributed by atoms with E-state index in [4.69, 9.17) is 4.74 Å². The van der Waals surface area contributed by atoms with Crippen LogP contribution in [0.5, 0.6) is 5.75 Å². The van der Waals surface area contributed by atoms with Crippen molar-refractivity contribution < 1.29 is 9.84 Å². The highest BCUT2D eigenvalue weighted by Crippen LogP contribution is 2.26. The van der Waals surface area contributed by atoms with E-state index in [1.54, 1.807) is 0 Å². The van der Waals surface area contributed by atoms with Gasteiger partial charge in [0.05, 0.1) is 12.2 Å². The number of aliphatic hydroxyl groups is 1. The maximum atomic E-state index is 9.72. The Kier molecular flexibility index (Phi) is 4.71. The molecule has 112 valence electrons. The Morgan fingerprint density at radius 3 is 2.35 bits per heavy atom. The van der Waals surface area contributed by atoms with Crippen LogP contribution in [0.2, 0.25) is 0 Å². The van der Waals surface area contributed by atoms with Crippen molar-refractivity contribution in [2.45, 2.75) is 65.1 Å². The third-order valence-corrected chi connectivity index (χ3v) is 3.65. The van der Waals surface area contributed by atoms with Crippen molar-refractivity contribution in [3.05, 3.63) is 28.8 Å². The number of aryl methyl sites for hydroxylation is 2. The quantitative estimate of drug-likeness (QED) is 0.804. The van der Waals surface area contributed by atoms with Crippen molar-refractivity contribution in [3.8, 4) is 5.75 Å². The van der Waals surface area contributed by atoms with Gasteiger partial charge in [-0.15, -0.1) is 0 Å². The molecule has 2 rings (SSSR count). The Hall–Kier alpha value is -1.06. The maximum Gasteiger partial charge on any atom is 0.125 e.